The van der Waals surface area contributed by atoms with E-state index in [0.717, 1.165) is 33.4 Å². The molecule has 4 atom stereocenters. The summed E-state index contributed by atoms with van der Waals surface area (Å²) in [4.78, 5) is 0. The summed E-state index contributed by atoms with van der Waals surface area (Å²) in [6.07, 6.45) is -0.789. The molecule has 0 spiro atoms. The number of rotatable bonds is 15. The molecular formula is C36H40N2O7. The summed E-state index contributed by atoms with van der Waals surface area (Å²) >= 11 is 0. The molecule has 0 radical (unpaired) electrons. The molecule has 1 aliphatic rings. The Morgan fingerprint density at radius 2 is 1.62 bits per heavy atom. The minimum atomic E-state index is -0.954. The molecule has 1 heterocycles. The minimum Gasteiger partial charge on any atom is -0.496 e. The van der Waals surface area contributed by atoms with Crippen LogP contribution < -0.4 is 19.5 Å². The Labute approximate surface area is 263 Å². The number of nitrogens with zero attached hydrogens (tertiary/aromatic N) is 1. The van der Waals surface area contributed by atoms with Crippen LogP contribution in [0.1, 0.15) is 29.0 Å². The van der Waals surface area contributed by atoms with Gasteiger partial charge in [-0.1, -0.05) is 48.5 Å². The maximum absolute atomic E-state index is 9.97. The lowest BCUT2D eigenvalue weighted by Crippen LogP contribution is -2.51. The van der Waals surface area contributed by atoms with E-state index in [2.05, 4.69) is 23.5 Å². The van der Waals surface area contributed by atoms with Crippen LogP contribution in [0.25, 0.3) is 10.8 Å². The Balaban J connectivity index is 1.24. The lowest BCUT2D eigenvalue weighted by atomic mass is 9.85. The van der Waals surface area contributed by atoms with Crippen molar-refractivity contribution < 1.29 is 33.9 Å². The lowest BCUT2D eigenvalue weighted by Gasteiger charge is -2.39. The molecule has 4 aromatic rings. The van der Waals surface area contributed by atoms with E-state index in [-0.39, 0.29) is 31.3 Å². The molecule has 0 amide bonds. The third-order valence-electron chi connectivity index (χ3n) is 7.86. The van der Waals surface area contributed by atoms with Crippen LogP contribution in [0.3, 0.4) is 0 Å². The molecule has 4 aromatic carbocycles. The Bertz CT molecular complexity index is 1560. The molecule has 0 bridgehead atoms. The van der Waals surface area contributed by atoms with Gasteiger partial charge in [-0.2, -0.15) is 5.26 Å². The van der Waals surface area contributed by atoms with Crippen LogP contribution in [0.4, 0.5) is 0 Å². The van der Waals surface area contributed by atoms with E-state index in [1.54, 1.807) is 19.2 Å². The molecule has 3 N–H and O–H groups in total. The van der Waals surface area contributed by atoms with Gasteiger partial charge in [0.2, 0.25) is 0 Å². The van der Waals surface area contributed by atoms with Crippen molar-refractivity contribution in [3.05, 3.63) is 102 Å². The zero-order valence-corrected chi connectivity index (χ0v) is 25.4. The molecule has 1 fully saturated rings. The fraction of sp³-hybridized carbons (Fsp3) is 0.361. The second-order valence-corrected chi connectivity index (χ2v) is 11.0. The van der Waals surface area contributed by atoms with Crippen molar-refractivity contribution in [2.45, 2.75) is 37.3 Å². The number of para-hydroxylation sites is 1. The number of hydrogen-bond donors (Lipinski definition) is 3. The van der Waals surface area contributed by atoms with Crippen molar-refractivity contribution in [3.63, 3.8) is 0 Å². The standard InChI is InChI=1S/C36H40N2O7/c1-41-33-18-25(17-27-7-2-4-9-31(27)33)23-44-34-20-38-21-35(45-24-29(40)22-39)36(34)26-11-13-30(14-12-26)42-15-6-16-43-32-10-5-3-8-28(32)19-37/h2-5,7-14,17-18,29,34-36,38-40H,6,15-16,20-24H2,1H3/t29-,34+,35-,36-/m1/s1. The number of fused-ring (bicyclic) bond motifs is 1. The van der Waals surface area contributed by atoms with E-state index in [9.17, 15) is 15.5 Å². The number of methoxy groups -OCH3 is 1. The third kappa shape index (κ3) is 8.51. The van der Waals surface area contributed by atoms with Gasteiger partial charge in [-0.05, 0) is 52.9 Å². The predicted molar refractivity (Wildman–Crippen MR) is 171 cm³/mol. The Morgan fingerprint density at radius 1 is 0.889 bits per heavy atom. The Hall–Kier alpha value is -4.17. The van der Waals surface area contributed by atoms with Gasteiger partial charge in [0.05, 0.1) is 57.9 Å². The van der Waals surface area contributed by atoms with Gasteiger partial charge in [0.15, 0.2) is 0 Å². The van der Waals surface area contributed by atoms with E-state index in [0.29, 0.717) is 50.6 Å². The van der Waals surface area contributed by atoms with E-state index < -0.39 is 6.10 Å². The van der Waals surface area contributed by atoms with Gasteiger partial charge in [0, 0.05) is 30.8 Å². The molecule has 0 aliphatic carbocycles. The highest BCUT2D eigenvalue weighted by atomic mass is 16.5. The van der Waals surface area contributed by atoms with Crippen molar-refractivity contribution in [2.24, 2.45) is 0 Å². The summed E-state index contributed by atoms with van der Waals surface area (Å²) in [6.45, 7) is 2.16. The Kier molecular flexibility index (Phi) is 11.6. The van der Waals surface area contributed by atoms with Gasteiger partial charge in [0.1, 0.15) is 29.4 Å². The maximum Gasteiger partial charge on any atom is 0.137 e. The van der Waals surface area contributed by atoms with Gasteiger partial charge >= 0.3 is 0 Å². The molecule has 0 aromatic heterocycles. The smallest absolute Gasteiger partial charge is 0.137 e. The van der Waals surface area contributed by atoms with E-state index in [1.165, 1.54) is 0 Å². The van der Waals surface area contributed by atoms with Crippen LogP contribution >= 0.6 is 0 Å². The number of nitriles is 1. The van der Waals surface area contributed by atoms with Crippen LogP contribution in [-0.2, 0) is 16.1 Å². The monoisotopic (exact) mass is 612 g/mol. The summed E-state index contributed by atoms with van der Waals surface area (Å²) in [5.41, 5.74) is 2.55. The summed E-state index contributed by atoms with van der Waals surface area (Å²) < 4.78 is 30.0. The first-order valence-electron chi connectivity index (χ1n) is 15.2. The van der Waals surface area contributed by atoms with E-state index in [4.69, 9.17) is 23.7 Å². The average molecular weight is 613 g/mol. The second-order valence-electron chi connectivity index (χ2n) is 11.0. The molecule has 45 heavy (non-hydrogen) atoms. The molecular weight excluding hydrogens is 572 g/mol. The van der Waals surface area contributed by atoms with Gasteiger partial charge in [-0.15, -0.1) is 0 Å². The van der Waals surface area contributed by atoms with Crippen molar-refractivity contribution in [1.82, 2.24) is 5.32 Å². The van der Waals surface area contributed by atoms with E-state index in [1.807, 2.05) is 60.7 Å². The number of piperidine rings is 1. The SMILES string of the molecule is COc1cc(CO[C@H]2CNC[C@@H](OC[C@H](O)CO)[C@@H]2c2ccc(OCCCOc3ccccc3C#N)cc2)cc2ccccc12. The number of ether oxygens (including phenoxy) is 5. The quantitative estimate of drug-likeness (QED) is 0.166. The van der Waals surface area contributed by atoms with Crippen LogP contribution in [0, 0.1) is 11.3 Å². The van der Waals surface area contributed by atoms with Crippen molar-refractivity contribution >= 4 is 10.8 Å². The number of nitrogens with one attached hydrogen (secondary N) is 1. The minimum absolute atomic E-state index is 0.0239. The molecule has 236 valence electrons. The van der Waals surface area contributed by atoms with Crippen LogP contribution in [0.15, 0.2) is 84.9 Å². The largest absolute Gasteiger partial charge is 0.496 e. The summed E-state index contributed by atoms with van der Waals surface area (Å²) in [7, 11) is 1.67. The van der Waals surface area contributed by atoms with Crippen molar-refractivity contribution in [1.29, 1.82) is 5.26 Å². The highest BCUT2D eigenvalue weighted by Gasteiger charge is 2.36. The number of aliphatic hydroxyl groups is 2. The van der Waals surface area contributed by atoms with E-state index >= 15 is 0 Å². The second kappa shape index (κ2) is 16.2. The molecule has 0 unspecified atom stereocenters. The zero-order chi connectivity index (χ0) is 31.4. The van der Waals surface area contributed by atoms with Crippen molar-refractivity contribution in [3.8, 4) is 23.3 Å². The first-order chi connectivity index (χ1) is 22.1. The molecule has 1 aliphatic heterocycles. The number of hydrogen-bond acceptors (Lipinski definition) is 9. The lowest BCUT2D eigenvalue weighted by molar-refractivity contribution is -0.0833. The normalized spacial score (nSPS) is 18.7. The average Bonchev–Trinajstić information content (AvgIpc) is 3.09. The number of benzene rings is 4. The van der Waals surface area contributed by atoms with Gasteiger partial charge in [-0.25, -0.2) is 0 Å². The molecule has 0 saturated carbocycles. The predicted octanol–water partition coefficient (Wildman–Crippen LogP) is 4.58. The highest BCUT2D eigenvalue weighted by molar-refractivity contribution is 5.89. The maximum atomic E-state index is 9.97. The molecule has 9 nitrogen and oxygen atoms in total. The topological polar surface area (TPSA) is 122 Å². The molecule has 5 rings (SSSR count). The van der Waals surface area contributed by atoms with Gasteiger partial charge < -0.3 is 39.2 Å². The van der Waals surface area contributed by atoms with Crippen LogP contribution in [0.2, 0.25) is 0 Å². The van der Waals surface area contributed by atoms with Gasteiger partial charge in [0.25, 0.3) is 0 Å². The first kappa shape index (κ1) is 32.2. The summed E-state index contributed by atoms with van der Waals surface area (Å²) in [5.74, 6) is 1.99. The molecule has 9 heteroatoms. The first-order valence-corrected chi connectivity index (χ1v) is 15.2. The highest BCUT2D eigenvalue weighted by Crippen LogP contribution is 2.33. The van der Waals surface area contributed by atoms with Crippen LogP contribution in [0.5, 0.6) is 17.2 Å². The number of aliphatic hydroxyl groups excluding tert-OH is 2. The third-order valence-corrected chi connectivity index (χ3v) is 7.86. The fourth-order valence-corrected chi connectivity index (χ4v) is 5.60. The van der Waals surface area contributed by atoms with Crippen molar-refractivity contribution in [2.75, 3.05) is 46.6 Å². The summed E-state index contributed by atoms with van der Waals surface area (Å²) in [6, 6.07) is 29.5. The van der Waals surface area contributed by atoms with Gasteiger partial charge in [-0.3, -0.25) is 0 Å². The Morgan fingerprint density at radius 3 is 2.40 bits per heavy atom. The summed E-state index contributed by atoms with van der Waals surface area (Å²) in [5, 5.41) is 34.1. The van der Waals surface area contributed by atoms with Crippen LogP contribution in [-0.4, -0.2) is 75.2 Å². The molecule has 1 saturated heterocycles. The fourth-order valence-electron chi connectivity index (χ4n) is 5.60. The zero-order valence-electron chi connectivity index (χ0n) is 25.4.